The molecule has 0 spiro atoms. The van der Waals surface area contributed by atoms with E-state index >= 15 is 0 Å². The fraction of sp³-hybridized carbons (Fsp3) is 0.394. The number of benzene rings is 3. The number of carbonyl (C=O) groups excluding carboxylic acids is 2. The number of sulfonamides is 1. The van der Waals surface area contributed by atoms with Crippen LogP contribution in [0.2, 0.25) is 0 Å². The third-order valence-electron chi connectivity index (χ3n) is 7.11. The van der Waals surface area contributed by atoms with E-state index in [1.165, 1.54) is 10.6 Å². The van der Waals surface area contributed by atoms with Gasteiger partial charge in [-0.25, -0.2) is 8.42 Å². The van der Waals surface area contributed by atoms with Crippen LogP contribution in [0.5, 0.6) is 0 Å². The smallest absolute Gasteiger partial charge is 0.243 e. The molecule has 0 aromatic heterocycles. The molecule has 0 unspecified atom stereocenters. The Morgan fingerprint density at radius 3 is 2.15 bits per heavy atom. The van der Waals surface area contributed by atoms with Crippen LogP contribution in [0.4, 0.5) is 5.69 Å². The summed E-state index contributed by atoms with van der Waals surface area (Å²) in [5.74, 6) is -0.365. The SMILES string of the molecule is CCCCNC(=O)[C@H](Cc1ccccc1)N(Cc1ccc(C)cc1)C(=O)CCCN(c1ccccc1C)S(C)(=O)=O. The summed E-state index contributed by atoms with van der Waals surface area (Å²) in [6, 6.07) is 24.3. The summed E-state index contributed by atoms with van der Waals surface area (Å²) in [5.41, 5.74) is 4.46. The van der Waals surface area contributed by atoms with Crippen LogP contribution in [0, 0.1) is 13.8 Å². The fourth-order valence-corrected chi connectivity index (χ4v) is 5.80. The summed E-state index contributed by atoms with van der Waals surface area (Å²) in [4.78, 5) is 29.1. The van der Waals surface area contributed by atoms with Gasteiger partial charge >= 0.3 is 0 Å². The zero-order valence-electron chi connectivity index (χ0n) is 24.7. The van der Waals surface area contributed by atoms with Gasteiger partial charge < -0.3 is 10.2 Å². The third kappa shape index (κ3) is 9.74. The zero-order valence-corrected chi connectivity index (χ0v) is 25.5. The van der Waals surface area contributed by atoms with Crippen LogP contribution < -0.4 is 9.62 Å². The molecule has 0 aliphatic rings. The lowest BCUT2D eigenvalue weighted by Crippen LogP contribution is -2.50. The van der Waals surface area contributed by atoms with Crippen molar-refractivity contribution in [2.45, 2.75) is 65.5 Å². The molecule has 0 fully saturated rings. The van der Waals surface area contributed by atoms with Crippen molar-refractivity contribution in [1.82, 2.24) is 10.2 Å². The van der Waals surface area contributed by atoms with Gasteiger partial charge in [-0.3, -0.25) is 13.9 Å². The number of para-hydroxylation sites is 1. The van der Waals surface area contributed by atoms with Crippen LogP contribution >= 0.6 is 0 Å². The molecular weight excluding hydrogens is 534 g/mol. The summed E-state index contributed by atoms with van der Waals surface area (Å²) in [5, 5.41) is 3.04. The van der Waals surface area contributed by atoms with E-state index < -0.39 is 16.1 Å². The number of aryl methyl sites for hydroxylation is 2. The maximum atomic E-state index is 13.9. The van der Waals surface area contributed by atoms with E-state index in [2.05, 4.69) is 12.2 Å². The molecule has 8 heteroatoms. The van der Waals surface area contributed by atoms with Gasteiger partial charge in [-0.05, 0) is 49.4 Å². The molecular formula is C33H43N3O4S. The van der Waals surface area contributed by atoms with Crippen LogP contribution in [0.25, 0.3) is 0 Å². The number of nitrogens with zero attached hydrogens (tertiary/aromatic N) is 2. The van der Waals surface area contributed by atoms with Crippen molar-refractivity contribution < 1.29 is 18.0 Å². The number of nitrogens with one attached hydrogen (secondary N) is 1. The molecule has 3 aromatic rings. The molecule has 3 aromatic carbocycles. The molecule has 0 bridgehead atoms. The van der Waals surface area contributed by atoms with Gasteiger partial charge in [0.2, 0.25) is 21.8 Å². The molecule has 0 radical (unpaired) electrons. The summed E-state index contributed by atoms with van der Waals surface area (Å²) in [6.45, 7) is 6.94. The van der Waals surface area contributed by atoms with Crippen molar-refractivity contribution in [3.63, 3.8) is 0 Å². The minimum atomic E-state index is -3.55. The van der Waals surface area contributed by atoms with Crippen molar-refractivity contribution >= 4 is 27.5 Å². The van der Waals surface area contributed by atoms with Crippen molar-refractivity contribution in [3.05, 3.63) is 101 Å². The van der Waals surface area contributed by atoms with E-state index in [1.807, 2.05) is 80.6 Å². The lowest BCUT2D eigenvalue weighted by molar-refractivity contribution is -0.141. The van der Waals surface area contributed by atoms with Crippen molar-refractivity contribution in [3.8, 4) is 0 Å². The molecule has 0 saturated heterocycles. The Kier molecular flexibility index (Phi) is 12.0. The van der Waals surface area contributed by atoms with Gasteiger partial charge in [0.25, 0.3) is 0 Å². The Hall–Kier alpha value is -3.65. The Bertz CT molecular complexity index is 1380. The van der Waals surface area contributed by atoms with Crippen LogP contribution in [0.3, 0.4) is 0 Å². The summed E-state index contributed by atoms with van der Waals surface area (Å²) >= 11 is 0. The van der Waals surface area contributed by atoms with Gasteiger partial charge in [0, 0.05) is 32.5 Å². The minimum Gasteiger partial charge on any atom is -0.354 e. The molecule has 220 valence electrons. The van der Waals surface area contributed by atoms with E-state index in [0.717, 1.165) is 35.1 Å². The second-order valence-electron chi connectivity index (χ2n) is 10.6. The predicted molar refractivity (Wildman–Crippen MR) is 166 cm³/mol. The molecule has 7 nitrogen and oxygen atoms in total. The van der Waals surface area contributed by atoms with Gasteiger partial charge in [-0.1, -0.05) is 91.7 Å². The molecule has 0 aliphatic carbocycles. The lowest BCUT2D eigenvalue weighted by Gasteiger charge is -2.32. The highest BCUT2D eigenvalue weighted by atomic mass is 32.2. The first kappa shape index (κ1) is 31.9. The monoisotopic (exact) mass is 577 g/mol. The van der Waals surface area contributed by atoms with Gasteiger partial charge in [0.1, 0.15) is 6.04 Å². The number of rotatable bonds is 15. The Morgan fingerprint density at radius 2 is 1.51 bits per heavy atom. The second-order valence-corrected chi connectivity index (χ2v) is 12.5. The third-order valence-corrected chi connectivity index (χ3v) is 8.29. The second kappa shape index (κ2) is 15.4. The van der Waals surface area contributed by atoms with Crippen LogP contribution in [-0.2, 0) is 32.6 Å². The number of amides is 2. The van der Waals surface area contributed by atoms with Crippen molar-refractivity contribution in [2.24, 2.45) is 0 Å². The largest absolute Gasteiger partial charge is 0.354 e. The lowest BCUT2D eigenvalue weighted by atomic mass is 10.0. The average molecular weight is 578 g/mol. The van der Waals surface area contributed by atoms with E-state index in [9.17, 15) is 18.0 Å². The van der Waals surface area contributed by atoms with Gasteiger partial charge in [0.05, 0.1) is 11.9 Å². The summed E-state index contributed by atoms with van der Waals surface area (Å²) < 4.78 is 26.7. The highest BCUT2D eigenvalue weighted by Crippen LogP contribution is 2.23. The van der Waals surface area contributed by atoms with Crippen LogP contribution in [0.1, 0.15) is 54.9 Å². The average Bonchev–Trinajstić information content (AvgIpc) is 2.94. The highest BCUT2D eigenvalue weighted by molar-refractivity contribution is 7.92. The number of hydrogen-bond donors (Lipinski definition) is 1. The molecule has 1 N–H and O–H groups in total. The number of unbranched alkanes of at least 4 members (excludes halogenated alkanes) is 1. The molecule has 1 atom stereocenters. The zero-order chi connectivity index (χ0) is 29.8. The molecule has 0 aliphatic heterocycles. The number of carbonyl (C=O) groups is 2. The topological polar surface area (TPSA) is 86.8 Å². The van der Waals surface area contributed by atoms with Crippen molar-refractivity contribution in [1.29, 1.82) is 0 Å². The maximum Gasteiger partial charge on any atom is 0.243 e. The van der Waals surface area contributed by atoms with Crippen LogP contribution in [-0.4, -0.2) is 50.5 Å². The van der Waals surface area contributed by atoms with Crippen LogP contribution in [0.15, 0.2) is 78.9 Å². The van der Waals surface area contributed by atoms with Gasteiger partial charge in [-0.15, -0.1) is 0 Å². The van der Waals surface area contributed by atoms with Crippen molar-refractivity contribution in [2.75, 3.05) is 23.7 Å². The molecule has 41 heavy (non-hydrogen) atoms. The molecule has 0 heterocycles. The first-order chi connectivity index (χ1) is 19.6. The first-order valence-corrected chi connectivity index (χ1v) is 16.1. The maximum absolute atomic E-state index is 13.9. The van der Waals surface area contributed by atoms with E-state index in [-0.39, 0.29) is 31.3 Å². The molecule has 3 rings (SSSR count). The predicted octanol–water partition coefficient (Wildman–Crippen LogP) is 5.41. The van der Waals surface area contributed by atoms with E-state index in [1.54, 1.807) is 17.0 Å². The summed E-state index contributed by atoms with van der Waals surface area (Å²) in [7, 11) is -3.55. The van der Waals surface area contributed by atoms with E-state index in [4.69, 9.17) is 0 Å². The fourth-order valence-electron chi connectivity index (χ4n) is 4.78. The Balaban J connectivity index is 1.87. The van der Waals surface area contributed by atoms with Gasteiger partial charge in [0.15, 0.2) is 0 Å². The highest BCUT2D eigenvalue weighted by Gasteiger charge is 2.30. The number of hydrogen-bond acceptors (Lipinski definition) is 4. The Labute approximate surface area is 245 Å². The normalized spacial score (nSPS) is 12.0. The number of anilines is 1. The van der Waals surface area contributed by atoms with Gasteiger partial charge in [-0.2, -0.15) is 0 Å². The summed E-state index contributed by atoms with van der Waals surface area (Å²) in [6.07, 6.45) is 3.80. The molecule has 0 saturated carbocycles. The Morgan fingerprint density at radius 1 is 0.854 bits per heavy atom. The minimum absolute atomic E-state index is 0.108. The standard InChI is InChI=1S/C33H43N3O4S/c1-5-6-22-34-33(38)31(24-28-14-8-7-9-15-28)35(25-29-20-18-26(2)19-21-29)32(37)17-12-23-36(41(4,39)40)30-16-11-10-13-27(30)3/h7-11,13-16,18-21,31H,5-6,12,17,22-25H2,1-4H3,(H,34,38)/t31-/m0/s1. The first-order valence-electron chi connectivity index (χ1n) is 14.3. The van der Waals surface area contributed by atoms with E-state index in [0.29, 0.717) is 25.1 Å². The molecule has 2 amide bonds. The quantitative estimate of drug-likeness (QED) is 0.245.